The summed E-state index contributed by atoms with van der Waals surface area (Å²) >= 11 is 0. The average molecular weight is 266 g/mol. The molecule has 0 fully saturated rings. The van der Waals surface area contributed by atoms with Crippen LogP contribution in [0.2, 0.25) is 0 Å². The largest absolute Gasteiger partial charge is 0.417 e. The molecule has 0 heterocycles. The minimum Gasteiger partial charge on any atom is -0.223 e. The Bertz CT molecular complexity index is 510. The lowest BCUT2D eigenvalue weighted by molar-refractivity contribution is -0.139. The highest BCUT2D eigenvalue weighted by Crippen LogP contribution is 2.37. The van der Waals surface area contributed by atoms with E-state index in [0.29, 0.717) is 0 Å². The molecular formula is C11H13F3O2S. The summed E-state index contributed by atoms with van der Waals surface area (Å²) in [5.74, 6) is 0. The van der Waals surface area contributed by atoms with Crippen LogP contribution in [0.1, 0.15) is 26.3 Å². The Kier molecular flexibility index (Phi) is 3.31. The Labute approximate surface area is 98.4 Å². The molecule has 0 saturated carbocycles. The SMILES string of the molecule is CC(C)(C)S(=O)(=O)c1ccccc1C(F)(F)F. The van der Waals surface area contributed by atoms with E-state index in [4.69, 9.17) is 0 Å². The molecule has 6 heteroatoms. The number of halogens is 3. The summed E-state index contributed by atoms with van der Waals surface area (Å²) in [5.41, 5.74) is -1.12. The summed E-state index contributed by atoms with van der Waals surface area (Å²) < 4.78 is 60.9. The molecule has 0 saturated heterocycles. The Morgan fingerprint density at radius 1 is 1.00 bits per heavy atom. The van der Waals surface area contributed by atoms with Crippen molar-refractivity contribution in [2.45, 2.75) is 36.6 Å². The van der Waals surface area contributed by atoms with Crippen LogP contribution in [-0.2, 0) is 16.0 Å². The van der Waals surface area contributed by atoms with E-state index in [0.717, 1.165) is 12.1 Å². The van der Waals surface area contributed by atoms with E-state index in [2.05, 4.69) is 0 Å². The molecule has 1 aromatic carbocycles. The maximum atomic E-state index is 12.7. The predicted molar refractivity (Wildman–Crippen MR) is 58.4 cm³/mol. The van der Waals surface area contributed by atoms with Gasteiger partial charge in [-0.05, 0) is 32.9 Å². The van der Waals surface area contributed by atoms with Gasteiger partial charge in [-0.2, -0.15) is 13.2 Å². The Balaban J connectivity index is 3.55. The third-order valence-corrected chi connectivity index (χ3v) is 4.84. The van der Waals surface area contributed by atoms with E-state index in [1.165, 1.54) is 32.9 Å². The van der Waals surface area contributed by atoms with Crippen molar-refractivity contribution < 1.29 is 21.6 Å². The molecule has 0 N–H and O–H groups in total. The number of alkyl halides is 3. The van der Waals surface area contributed by atoms with Crippen molar-refractivity contribution in [2.75, 3.05) is 0 Å². The van der Waals surface area contributed by atoms with Crippen molar-refractivity contribution in [2.24, 2.45) is 0 Å². The van der Waals surface area contributed by atoms with Crippen LogP contribution in [0.25, 0.3) is 0 Å². The van der Waals surface area contributed by atoms with Crippen molar-refractivity contribution in [1.29, 1.82) is 0 Å². The first-order chi connectivity index (χ1) is 7.48. The molecule has 0 amide bonds. The monoisotopic (exact) mass is 266 g/mol. The van der Waals surface area contributed by atoms with Crippen LogP contribution in [0, 0.1) is 0 Å². The number of rotatable bonds is 1. The lowest BCUT2D eigenvalue weighted by Crippen LogP contribution is -2.29. The second-order valence-electron chi connectivity index (χ2n) is 4.61. The van der Waals surface area contributed by atoms with Crippen LogP contribution in [0.5, 0.6) is 0 Å². The Morgan fingerprint density at radius 3 is 1.88 bits per heavy atom. The van der Waals surface area contributed by atoms with E-state index in [1.54, 1.807) is 0 Å². The third-order valence-electron chi connectivity index (χ3n) is 2.29. The second-order valence-corrected chi connectivity index (χ2v) is 7.28. The van der Waals surface area contributed by atoms with Crippen molar-refractivity contribution >= 4 is 9.84 Å². The van der Waals surface area contributed by atoms with E-state index in [1.807, 2.05) is 0 Å². The van der Waals surface area contributed by atoms with Crippen LogP contribution >= 0.6 is 0 Å². The average Bonchev–Trinajstić information content (AvgIpc) is 2.14. The summed E-state index contributed by atoms with van der Waals surface area (Å²) in [6, 6.07) is 4.22. The van der Waals surface area contributed by atoms with Crippen LogP contribution < -0.4 is 0 Å². The summed E-state index contributed by atoms with van der Waals surface area (Å²) in [5, 5.41) is 0. The van der Waals surface area contributed by atoms with Crippen LogP contribution in [0.3, 0.4) is 0 Å². The van der Waals surface area contributed by atoms with Crippen molar-refractivity contribution in [3.05, 3.63) is 29.8 Å². The fourth-order valence-electron chi connectivity index (χ4n) is 1.27. The van der Waals surface area contributed by atoms with Gasteiger partial charge in [0.25, 0.3) is 0 Å². The topological polar surface area (TPSA) is 34.1 Å². The Morgan fingerprint density at radius 2 is 1.47 bits per heavy atom. The first-order valence-corrected chi connectivity index (χ1v) is 6.37. The molecule has 0 aliphatic carbocycles. The van der Waals surface area contributed by atoms with Gasteiger partial charge in [0, 0.05) is 0 Å². The maximum Gasteiger partial charge on any atom is 0.417 e. The minimum atomic E-state index is -4.67. The third kappa shape index (κ3) is 2.62. The molecule has 2 nitrogen and oxygen atoms in total. The summed E-state index contributed by atoms with van der Waals surface area (Å²) in [4.78, 5) is -0.667. The van der Waals surface area contributed by atoms with Gasteiger partial charge in [0.2, 0.25) is 0 Å². The number of hydrogen-bond acceptors (Lipinski definition) is 2. The molecule has 0 unspecified atom stereocenters. The first kappa shape index (κ1) is 14.0. The maximum absolute atomic E-state index is 12.7. The molecular weight excluding hydrogens is 253 g/mol. The van der Waals surface area contributed by atoms with Crippen molar-refractivity contribution in [3.8, 4) is 0 Å². The summed E-state index contributed by atoms with van der Waals surface area (Å²) in [6.45, 7) is 4.11. The zero-order chi connectivity index (χ0) is 13.5. The molecule has 0 aromatic heterocycles. The number of hydrogen-bond donors (Lipinski definition) is 0. The molecule has 0 aliphatic rings. The van der Waals surface area contributed by atoms with Gasteiger partial charge >= 0.3 is 6.18 Å². The highest BCUT2D eigenvalue weighted by atomic mass is 32.2. The minimum absolute atomic E-state index is 0.667. The van der Waals surface area contributed by atoms with E-state index >= 15 is 0 Å². The molecule has 1 rings (SSSR count). The van der Waals surface area contributed by atoms with Crippen LogP contribution in [-0.4, -0.2) is 13.2 Å². The van der Waals surface area contributed by atoms with Gasteiger partial charge in [0.05, 0.1) is 15.2 Å². The quantitative estimate of drug-likeness (QED) is 0.781. The van der Waals surface area contributed by atoms with E-state index in [-0.39, 0.29) is 0 Å². The molecule has 96 valence electrons. The van der Waals surface area contributed by atoms with Gasteiger partial charge in [-0.15, -0.1) is 0 Å². The van der Waals surface area contributed by atoms with Gasteiger partial charge in [-0.3, -0.25) is 0 Å². The highest BCUT2D eigenvalue weighted by Gasteiger charge is 2.40. The zero-order valence-corrected chi connectivity index (χ0v) is 10.5. The molecule has 0 spiro atoms. The fourth-order valence-corrected chi connectivity index (χ4v) is 2.66. The lowest BCUT2D eigenvalue weighted by Gasteiger charge is -2.22. The molecule has 0 atom stereocenters. The molecule has 0 aliphatic heterocycles. The highest BCUT2D eigenvalue weighted by molar-refractivity contribution is 7.92. The van der Waals surface area contributed by atoms with E-state index in [9.17, 15) is 21.6 Å². The number of sulfone groups is 1. The zero-order valence-electron chi connectivity index (χ0n) is 9.67. The normalized spacial score (nSPS) is 13.8. The Hall–Kier alpha value is -1.04. The standard InChI is InChI=1S/C11H13F3O2S/c1-10(2,3)17(15,16)9-7-5-4-6-8(9)11(12,13)14/h4-7H,1-3H3. The molecule has 0 bridgehead atoms. The predicted octanol–water partition coefficient (Wildman–Crippen LogP) is 3.28. The second kappa shape index (κ2) is 4.01. The molecule has 17 heavy (non-hydrogen) atoms. The van der Waals surface area contributed by atoms with E-state index < -0.39 is 31.2 Å². The summed E-state index contributed by atoms with van der Waals surface area (Å²) in [7, 11) is -4.01. The van der Waals surface area contributed by atoms with Crippen molar-refractivity contribution in [1.82, 2.24) is 0 Å². The van der Waals surface area contributed by atoms with Crippen LogP contribution in [0.4, 0.5) is 13.2 Å². The first-order valence-electron chi connectivity index (χ1n) is 4.89. The molecule has 0 radical (unpaired) electrons. The molecule has 1 aromatic rings. The van der Waals surface area contributed by atoms with Crippen molar-refractivity contribution in [3.63, 3.8) is 0 Å². The van der Waals surface area contributed by atoms with Crippen LogP contribution in [0.15, 0.2) is 29.2 Å². The number of benzene rings is 1. The van der Waals surface area contributed by atoms with Gasteiger partial charge < -0.3 is 0 Å². The van der Waals surface area contributed by atoms with Gasteiger partial charge in [0.15, 0.2) is 9.84 Å². The summed E-state index contributed by atoms with van der Waals surface area (Å²) in [6.07, 6.45) is -4.67. The van der Waals surface area contributed by atoms with Gasteiger partial charge in [-0.25, -0.2) is 8.42 Å². The van der Waals surface area contributed by atoms with Gasteiger partial charge in [-0.1, -0.05) is 12.1 Å². The lowest BCUT2D eigenvalue weighted by atomic mass is 10.2. The van der Waals surface area contributed by atoms with Gasteiger partial charge in [0.1, 0.15) is 0 Å². The smallest absolute Gasteiger partial charge is 0.223 e. The fraction of sp³-hybridized carbons (Fsp3) is 0.455.